The zero-order valence-electron chi connectivity index (χ0n) is 9.90. The van der Waals surface area contributed by atoms with E-state index in [0.29, 0.717) is 18.1 Å². The number of aromatic nitrogens is 2. The van der Waals surface area contributed by atoms with Crippen molar-refractivity contribution in [3.05, 3.63) is 16.4 Å². The number of nitrogens with one attached hydrogen (secondary N) is 1. The Balaban J connectivity index is 2.28. The highest BCUT2D eigenvalue weighted by molar-refractivity contribution is 9.10. The minimum atomic E-state index is 0.291. The standard InChI is InChI=1S/C11H18BrN3O/c1-7-8(4-5-16-7)10(13-2)11-9(12)6-14-15(11)3/h6-8,10,13H,4-5H2,1-3H3. The molecule has 1 fully saturated rings. The van der Waals surface area contributed by atoms with Crippen molar-refractivity contribution in [3.8, 4) is 0 Å². The van der Waals surface area contributed by atoms with Crippen molar-refractivity contribution in [1.29, 1.82) is 0 Å². The molecule has 0 aliphatic carbocycles. The second-order valence-electron chi connectivity index (χ2n) is 4.30. The molecule has 2 heterocycles. The minimum Gasteiger partial charge on any atom is -0.378 e. The van der Waals surface area contributed by atoms with Gasteiger partial charge in [-0.1, -0.05) is 0 Å². The van der Waals surface area contributed by atoms with Gasteiger partial charge in [-0.2, -0.15) is 5.10 Å². The molecule has 0 aromatic carbocycles. The van der Waals surface area contributed by atoms with E-state index >= 15 is 0 Å². The Morgan fingerprint density at radius 2 is 2.44 bits per heavy atom. The lowest BCUT2D eigenvalue weighted by Gasteiger charge is -2.26. The van der Waals surface area contributed by atoms with Gasteiger partial charge in [-0.05, 0) is 36.3 Å². The normalized spacial score (nSPS) is 27.2. The Morgan fingerprint density at radius 3 is 2.88 bits per heavy atom. The first-order valence-electron chi connectivity index (χ1n) is 5.61. The van der Waals surface area contributed by atoms with Gasteiger partial charge < -0.3 is 10.1 Å². The topological polar surface area (TPSA) is 39.1 Å². The van der Waals surface area contributed by atoms with Gasteiger partial charge in [0.25, 0.3) is 0 Å². The van der Waals surface area contributed by atoms with Gasteiger partial charge in [0, 0.05) is 19.6 Å². The molecule has 2 rings (SSSR count). The predicted octanol–water partition coefficient (Wildman–Crippen LogP) is 1.87. The second kappa shape index (κ2) is 4.85. The van der Waals surface area contributed by atoms with Crippen LogP contribution in [0.4, 0.5) is 0 Å². The molecule has 90 valence electrons. The van der Waals surface area contributed by atoms with Crippen LogP contribution in [0, 0.1) is 5.92 Å². The van der Waals surface area contributed by atoms with Gasteiger partial charge in [0.1, 0.15) is 0 Å². The third kappa shape index (κ3) is 2.04. The third-order valence-corrected chi connectivity index (χ3v) is 4.02. The van der Waals surface area contributed by atoms with Crippen LogP contribution >= 0.6 is 15.9 Å². The summed E-state index contributed by atoms with van der Waals surface area (Å²) in [4.78, 5) is 0. The monoisotopic (exact) mass is 287 g/mol. The molecule has 0 saturated carbocycles. The molecular formula is C11H18BrN3O. The molecule has 1 saturated heterocycles. The van der Waals surface area contributed by atoms with Crippen LogP contribution in [0.15, 0.2) is 10.7 Å². The van der Waals surface area contributed by atoms with Crippen LogP contribution in [0.2, 0.25) is 0 Å². The van der Waals surface area contributed by atoms with Crippen molar-refractivity contribution in [2.24, 2.45) is 13.0 Å². The van der Waals surface area contributed by atoms with Crippen molar-refractivity contribution < 1.29 is 4.74 Å². The number of rotatable bonds is 3. The zero-order chi connectivity index (χ0) is 11.7. The molecule has 3 atom stereocenters. The molecule has 4 nitrogen and oxygen atoms in total. The van der Waals surface area contributed by atoms with Crippen LogP contribution in [0.25, 0.3) is 0 Å². The van der Waals surface area contributed by atoms with Crippen LogP contribution < -0.4 is 5.32 Å². The smallest absolute Gasteiger partial charge is 0.0696 e. The molecule has 1 aromatic rings. The first kappa shape index (κ1) is 12.1. The van der Waals surface area contributed by atoms with E-state index in [1.807, 2.05) is 25.0 Å². The summed E-state index contributed by atoms with van der Waals surface area (Å²) in [7, 11) is 3.97. The maximum absolute atomic E-state index is 5.64. The van der Waals surface area contributed by atoms with Gasteiger partial charge in [0.05, 0.1) is 28.5 Å². The predicted molar refractivity (Wildman–Crippen MR) is 66.2 cm³/mol. The quantitative estimate of drug-likeness (QED) is 0.923. The van der Waals surface area contributed by atoms with Crippen molar-refractivity contribution >= 4 is 15.9 Å². The SMILES string of the molecule is CNC(c1c(Br)cnn1C)C1CCOC1C. The molecule has 1 aliphatic heterocycles. The van der Waals surface area contributed by atoms with Gasteiger partial charge in [0.15, 0.2) is 0 Å². The number of hydrogen-bond acceptors (Lipinski definition) is 3. The molecule has 1 N–H and O–H groups in total. The largest absolute Gasteiger partial charge is 0.378 e. The molecular weight excluding hydrogens is 270 g/mol. The van der Waals surface area contributed by atoms with E-state index in [9.17, 15) is 0 Å². The van der Waals surface area contributed by atoms with Gasteiger partial charge >= 0.3 is 0 Å². The van der Waals surface area contributed by atoms with Crippen LogP contribution in [-0.2, 0) is 11.8 Å². The fourth-order valence-electron chi connectivity index (χ4n) is 2.51. The van der Waals surface area contributed by atoms with Gasteiger partial charge in [-0.25, -0.2) is 0 Å². The van der Waals surface area contributed by atoms with E-state index in [4.69, 9.17) is 4.74 Å². The summed E-state index contributed by atoms with van der Waals surface area (Å²) in [5.74, 6) is 0.511. The number of hydrogen-bond donors (Lipinski definition) is 1. The summed E-state index contributed by atoms with van der Waals surface area (Å²) < 4.78 is 8.63. The van der Waals surface area contributed by atoms with Crippen molar-refractivity contribution in [2.75, 3.05) is 13.7 Å². The highest BCUT2D eigenvalue weighted by Crippen LogP contribution is 2.35. The lowest BCUT2D eigenvalue weighted by atomic mass is 9.91. The number of ether oxygens (including phenoxy) is 1. The Morgan fingerprint density at radius 1 is 1.69 bits per heavy atom. The van der Waals surface area contributed by atoms with E-state index in [0.717, 1.165) is 17.5 Å². The maximum atomic E-state index is 5.64. The van der Waals surface area contributed by atoms with Crippen molar-refractivity contribution in [1.82, 2.24) is 15.1 Å². The van der Waals surface area contributed by atoms with Crippen molar-refractivity contribution in [3.63, 3.8) is 0 Å². The van der Waals surface area contributed by atoms with E-state index < -0.39 is 0 Å². The maximum Gasteiger partial charge on any atom is 0.0696 e. The zero-order valence-corrected chi connectivity index (χ0v) is 11.5. The lowest BCUT2D eigenvalue weighted by Crippen LogP contribution is -2.31. The van der Waals surface area contributed by atoms with Crippen molar-refractivity contribution in [2.45, 2.75) is 25.5 Å². The summed E-state index contributed by atoms with van der Waals surface area (Å²) in [6.45, 7) is 3.01. The first-order chi connectivity index (χ1) is 7.65. The fourth-order valence-corrected chi connectivity index (χ4v) is 3.10. The number of aryl methyl sites for hydroxylation is 1. The summed E-state index contributed by atoms with van der Waals surface area (Å²) in [6, 6.07) is 0.291. The van der Waals surface area contributed by atoms with E-state index in [2.05, 4.69) is 33.3 Å². The average Bonchev–Trinajstić information content (AvgIpc) is 2.80. The van der Waals surface area contributed by atoms with Crippen LogP contribution in [0.1, 0.15) is 25.1 Å². The van der Waals surface area contributed by atoms with Gasteiger partial charge in [-0.15, -0.1) is 0 Å². The van der Waals surface area contributed by atoms with Crippen LogP contribution in [0.3, 0.4) is 0 Å². The van der Waals surface area contributed by atoms with E-state index in [1.54, 1.807) is 0 Å². The Kier molecular flexibility index (Phi) is 3.66. The molecule has 3 unspecified atom stereocenters. The average molecular weight is 288 g/mol. The Labute approximate surface area is 104 Å². The van der Waals surface area contributed by atoms with Crippen LogP contribution in [0.5, 0.6) is 0 Å². The van der Waals surface area contributed by atoms with Gasteiger partial charge in [0.2, 0.25) is 0 Å². The molecule has 0 amide bonds. The first-order valence-corrected chi connectivity index (χ1v) is 6.40. The summed E-state index contributed by atoms with van der Waals surface area (Å²) in [5, 5.41) is 7.66. The summed E-state index contributed by atoms with van der Waals surface area (Å²) in [5.41, 5.74) is 1.20. The van der Waals surface area contributed by atoms with Crippen LogP contribution in [-0.4, -0.2) is 29.5 Å². The molecule has 0 spiro atoms. The Hall–Kier alpha value is -0.390. The molecule has 1 aromatic heterocycles. The molecule has 0 bridgehead atoms. The fraction of sp³-hybridized carbons (Fsp3) is 0.727. The molecule has 5 heteroatoms. The lowest BCUT2D eigenvalue weighted by molar-refractivity contribution is 0.0953. The summed E-state index contributed by atoms with van der Waals surface area (Å²) in [6.07, 6.45) is 3.25. The van der Waals surface area contributed by atoms with E-state index in [1.165, 1.54) is 5.69 Å². The molecule has 1 aliphatic rings. The summed E-state index contributed by atoms with van der Waals surface area (Å²) >= 11 is 3.56. The highest BCUT2D eigenvalue weighted by Gasteiger charge is 2.34. The Bertz CT molecular complexity index is 347. The minimum absolute atomic E-state index is 0.291. The van der Waals surface area contributed by atoms with E-state index in [-0.39, 0.29) is 0 Å². The number of halogens is 1. The molecule has 0 radical (unpaired) electrons. The van der Waals surface area contributed by atoms with Gasteiger partial charge in [-0.3, -0.25) is 4.68 Å². The third-order valence-electron chi connectivity index (χ3n) is 3.41. The number of nitrogens with zero attached hydrogens (tertiary/aromatic N) is 2. The molecule has 16 heavy (non-hydrogen) atoms. The second-order valence-corrected chi connectivity index (χ2v) is 5.15. The highest BCUT2D eigenvalue weighted by atomic mass is 79.9.